The van der Waals surface area contributed by atoms with Crippen molar-refractivity contribution in [1.29, 1.82) is 5.26 Å². The molecule has 1 aromatic heterocycles. The predicted molar refractivity (Wildman–Crippen MR) is 108 cm³/mol. The summed E-state index contributed by atoms with van der Waals surface area (Å²) in [6.45, 7) is 1.45. The number of benzene rings is 1. The maximum atomic E-state index is 13.5. The summed E-state index contributed by atoms with van der Waals surface area (Å²) in [6.07, 6.45) is 3.51. The minimum Gasteiger partial charge on any atom is -0.493 e. The molecule has 1 aliphatic heterocycles. The molecule has 1 saturated carbocycles. The fourth-order valence-electron chi connectivity index (χ4n) is 3.86. The third kappa shape index (κ3) is 4.30. The summed E-state index contributed by atoms with van der Waals surface area (Å²) in [5.74, 6) is 1.12. The van der Waals surface area contributed by atoms with Crippen molar-refractivity contribution < 1.29 is 18.7 Å². The molecule has 2 heterocycles. The first-order chi connectivity index (χ1) is 14.6. The van der Waals surface area contributed by atoms with Gasteiger partial charge in [-0.15, -0.1) is 0 Å². The molecule has 2 aromatic rings. The summed E-state index contributed by atoms with van der Waals surface area (Å²) >= 11 is 0. The Morgan fingerprint density at radius 2 is 2.13 bits per heavy atom. The van der Waals surface area contributed by atoms with Gasteiger partial charge in [-0.3, -0.25) is 4.79 Å². The first kappa shape index (κ1) is 20.0. The minimum atomic E-state index is -0.389. The van der Waals surface area contributed by atoms with Gasteiger partial charge in [-0.05, 0) is 43.5 Å². The van der Waals surface area contributed by atoms with E-state index in [0.29, 0.717) is 36.4 Å². The second-order valence-corrected chi connectivity index (χ2v) is 7.66. The number of aromatic nitrogens is 1. The molecular formula is C22H23FN4O3. The molecular weight excluding hydrogens is 387 g/mol. The SMILES string of the molecule is COc1ccc(F)cc1OC1CC(C(=O)NC2CCN(c3cc(C#N)ccn3)C2)C1. The topological polar surface area (TPSA) is 87.5 Å². The first-order valence-corrected chi connectivity index (χ1v) is 9.97. The van der Waals surface area contributed by atoms with Crippen LogP contribution in [0.2, 0.25) is 0 Å². The Morgan fingerprint density at radius 1 is 1.30 bits per heavy atom. The second-order valence-electron chi connectivity index (χ2n) is 7.66. The lowest BCUT2D eigenvalue weighted by molar-refractivity contribution is -0.131. The Hall–Kier alpha value is -3.34. The van der Waals surface area contributed by atoms with E-state index in [4.69, 9.17) is 14.7 Å². The Kier molecular flexibility index (Phi) is 5.70. The maximum Gasteiger partial charge on any atom is 0.223 e. The summed E-state index contributed by atoms with van der Waals surface area (Å²) in [6, 6.07) is 9.75. The minimum absolute atomic E-state index is 0.0200. The van der Waals surface area contributed by atoms with Gasteiger partial charge in [-0.25, -0.2) is 9.37 Å². The smallest absolute Gasteiger partial charge is 0.223 e. The molecule has 1 N–H and O–H groups in total. The molecule has 1 aromatic carbocycles. The number of carbonyl (C=O) groups excluding carboxylic acids is 1. The van der Waals surface area contributed by atoms with Crippen molar-refractivity contribution in [2.24, 2.45) is 5.92 Å². The van der Waals surface area contributed by atoms with E-state index in [1.165, 1.54) is 25.3 Å². The maximum absolute atomic E-state index is 13.5. The fraction of sp³-hybridized carbons (Fsp3) is 0.409. The van der Waals surface area contributed by atoms with Gasteiger partial charge in [0, 0.05) is 37.3 Å². The quantitative estimate of drug-likeness (QED) is 0.788. The lowest BCUT2D eigenvalue weighted by Crippen LogP contribution is -2.47. The Labute approximate surface area is 174 Å². The number of nitrogens with zero attached hydrogens (tertiary/aromatic N) is 3. The second kappa shape index (κ2) is 8.57. The number of nitrogens with one attached hydrogen (secondary N) is 1. The van der Waals surface area contributed by atoms with Crippen LogP contribution in [0.1, 0.15) is 24.8 Å². The number of hydrogen-bond acceptors (Lipinski definition) is 6. The molecule has 30 heavy (non-hydrogen) atoms. The number of anilines is 1. The lowest BCUT2D eigenvalue weighted by Gasteiger charge is -2.35. The van der Waals surface area contributed by atoms with Crippen molar-refractivity contribution in [2.75, 3.05) is 25.1 Å². The van der Waals surface area contributed by atoms with E-state index < -0.39 is 0 Å². The van der Waals surface area contributed by atoms with Gasteiger partial charge in [0.1, 0.15) is 17.7 Å². The standard InChI is InChI=1S/C22H23FN4O3/c1-29-19-3-2-16(23)11-20(19)30-18-9-15(10-18)22(28)26-17-5-7-27(13-17)21-8-14(12-24)4-6-25-21/h2-4,6,8,11,15,17-18H,5,7,9-10,13H2,1H3,(H,26,28). The van der Waals surface area contributed by atoms with E-state index in [1.807, 2.05) is 0 Å². The van der Waals surface area contributed by atoms with Crippen LogP contribution in [0.25, 0.3) is 0 Å². The average molecular weight is 410 g/mol. The number of methoxy groups -OCH3 is 1. The van der Waals surface area contributed by atoms with Crippen LogP contribution in [-0.4, -0.2) is 43.2 Å². The molecule has 0 spiro atoms. The van der Waals surface area contributed by atoms with Crippen LogP contribution in [0, 0.1) is 23.1 Å². The highest BCUT2D eigenvalue weighted by molar-refractivity contribution is 5.80. The highest BCUT2D eigenvalue weighted by atomic mass is 19.1. The van der Waals surface area contributed by atoms with Crippen molar-refractivity contribution in [1.82, 2.24) is 10.3 Å². The number of halogens is 1. The van der Waals surface area contributed by atoms with Crippen molar-refractivity contribution in [3.05, 3.63) is 47.9 Å². The molecule has 8 heteroatoms. The largest absolute Gasteiger partial charge is 0.493 e. The number of hydrogen-bond donors (Lipinski definition) is 1. The monoisotopic (exact) mass is 410 g/mol. The third-order valence-corrected chi connectivity index (χ3v) is 5.62. The van der Waals surface area contributed by atoms with Crippen LogP contribution >= 0.6 is 0 Å². The van der Waals surface area contributed by atoms with E-state index in [9.17, 15) is 9.18 Å². The van der Waals surface area contributed by atoms with Crippen LogP contribution in [0.15, 0.2) is 36.5 Å². The van der Waals surface area contributed by atoms with Gasteiger partial charge in [0.05, 0.1) is 18.7 Å². The highest BCUT2D eigenvalue weighted by Gasteiger charge is 2.38. The predicted octanol–water partition coefficient (Wildman–Crippen LogP) is 2.65. The molecule has 1 atom stereocenters. The Morgan fingerprint density at radius 3 is 2.90 bits per heavy atom. The van der Waals surface area contributed by atoms with Crippen LogP contribution < -0.4 is 19.7 Å². The summed E-state index contributed by atoms with van der Waals surface area (Å²) in [4.78, 5) is 19.0. The molecule has 156 valence electrons. The van der Waals surface area contributed by atoms with E-state index in [0.717, 1.165) is 18.8 Å². The molecule has 2 fully saturated rings. The zero-order valence-electron chi connectivity index (χ0n) is 16.7. The normalized spacial score (nSPS) is 22.7. The number of ether oxygens (including phenoxy) is 2. The molecule has 2 aliphatic rings. The third-order valence-electron chi connectivity index (χ3n) is 5.62. The average Bonchev–Trinajstić information content (AvgIpc) is 3.19. The molecule has 1 unspecified atom stereocenters. The molecule has 1 saturated heterocycles. The van der Waals surface area contributed by atoms with Crippen LogP contribution in [0.5, 0.6) is 11.5 Å². The van der Waals surface area contributed by atoms with Crippen LogP contribution in [0.3, 0.4) is 0 Å². The van der Waals surface area contributed by atoms with E-state index in [-0.39, 0.29) is 29.8 Å². The van der Waals surface area contributed by atoms with Crippen molar-refractivity contribution in [2.45, 2.75) is 31.4 Å². The number of rotatable bonds is 6. The number of pyridine rings is 1. The first-order valence-electron chi connectivity index (χ1n) is 9.97. The molecule has 0 bridgehead atoms. The van der Waals surface area contributed by atoms with E-state index >= 15 is 0 Å². The summed E-state index contributed by atoms with van der Waals surface area (Å²) in [7, 11) is 1.51. The molecule has 7 nitrogen and oxygen atoms in total. The summed E-state index contributed by atoms with van der Waals surface area (Å²) in [5, 5.41) is 12.2. The number of nitriles is 1. The van der Waals surface area contributed by atoms with E-state index in [1.54, 1.807) is 18.3 Å². The van der Waals surface area contributed by atoms with Crippen molar-refractivity contribution in [3.63, 3.8) is 0 Å². The van der Waals surface area contributed by atoms with Crippen molar-refractivity contribution in [3.8, 4) is 17.6 Å². The fourth-order valence-corrected chi connectivity index (χ4v) is 3.86. The Bertz CT molecular complexity index is 971. The highest BCUT2D eigenvalue weighted by Crippen LogP contribution is 2.36. The van der Waals surface area contributed by atoms with Gasteiger partial charge in [0.2, 0.25) is 5.91 Å². The van der Waals surface area contributed by atoms with Gasteiger partial charge < -0.3 is 19.7 Å². The molecule has 0 radical (unpaired) electrons. The van der Waals surface area contributed by atoms with Gasteiger partial charge >= 0.3 is 0 Å². The number of amides is 1. The van der Waals surface area contributed by atoms with Crippen molar-refractivity contribution >= 4 is 11.7 Å². The zero-order chi connectivity index (χ0) is 21.1. The van der Waals surface area contributed by atoms with Gasteiger partial charge in [-0.2, -0.15) is 5.26 Å². The molecule has 1 aliphatic carbocycles. The molecule has 1 amide bonds. The van der Waals surface area contributed by atoms with Gasteiger partial charge in [0.25, 0.3) is 0 Å². The summed E-state index contributed by atoms with van der Waals surface area (Å²) in [5.41, 5.74) is 0.572. The number of carbonyl (C=O) groups is 1. The lowest BCUT2D eigenvalue weighted by atomic mass is 9.81. The van der Waals surface area contributed by atoms with Crippen LogP contribution in [-0.2, 0) is 4.79 Å². The van der Waals surface area contributed by atoms with Gasteiger partial charge in [0.15, 0.2) is 11.5 Å². The Balaban J connectivity index is 1.25. The summed E-state index contributed by atoms with van der Waals surface area (Å²) < 4.78 is 24.5. The zero-order valence-corrected chi connectivity index (χ0v) is 16.7. The van der Waals surface area contributed by atoms with Gasteiger partial charge in [-0.1, -0.05) is 0 Å². The van der Waals surface area contributed by atoms with Crippen LogP contribution in [0.4, 0.5) is 10.2 Å². The molecule has 4 rings (SSSR count). The van der Waals surface area contributed by atoms with E-state index in [2.05, 4.69) is 21.3 Å².